The first kappa shape index (κ1) is 12.0. The molecule has 0 aromatic heterocycles. The molecule has 0 bridgehead atoms. The van der Waals surface area contributed by atoms with E-state index in [0.717, 1.165) is 26.2 Å². The number of rotatable bonds is 7. The molecule has 0 amide bonds. The van der Waals surface area contributed by atoms with Crippen LogP contribution < -0.4 is 10.6 Å². The first-order valence-electron chi connectivity index (χ1n) is 5.33. The topological polar surface area (TPSA) is 33.3 Å². The standard InChI is InChI=1S/C12H20N2O/c1-11-3-5-12(6-4-11)14-8-7-13-9-10-15-2/h3-6,13-14H,7-10H2,1-2H3. The number of anilines is 1. The Morgan fingerprint density at radius 2 is 1.80 bits per heavy atom. The Labute approximate surface area is 91.8 Å². The predicted molar refractivity (Wildman–Crippen MR) is 64.4 cm³/mol. The minimum Gasteiger partial charge on any atom is -0.384 e. The molecular weight excluding hydrogens is 188 g/mol. The first-order valence-corrected chi connectivity index (χ1v) is 5.33. The van der Waals surface area contributed by atoms with Crippen molar-refractivity contribution in [2.45, 2.75) is 6.92 Å². The van der Waals surface area contributed by atoms with Gasteiger partial charge in [-0.05, 0) is 19.1 Å². The molecule has 0 radical (unpaired) electrons. The molecule has 1 aromatic rings. The zero-order chi connectivity index (χ0) is 10.9. The maximum Gasteiger partial charge on any atom is 0.0587 e. The van der Waals surface area contributed by atoms with E-state index in [2.05, 4.69) is 41.8 Å². The molecule has 1 rings (SSSR count). The lowest BCUT2D eigenvalue weighted by Crippen LogP contribution is -2.25. The van der Waals surface area contributed by atoms with Crippen LogP contribution in [0.3, 0.4) is 0 Å². The van der Waals surface area contributed by atoms with Gasteiger partial charge < -0.3 is 15.4 Å². The fourth-order valence-corrected chi connectivity index (χ4v) is 1.27. The molecule has 84 valence electrons. The van der Waals surface area contributed by atoms with E-state index in [1.54, 1.807) is 7.11 Å². The van der Waals surface area contributed by atoms with Crippen LogP contribution in [0.15, 0.2) is 24.3 Å². The highest BCUT2D eigenvalue weighted by Gasteiger charge is 1.90. The summed E-state index contributed by atoms with van der Waals surface area (Å²) >= 11 is 0. The second kappa shape index (κ2) is 7.26. The molecular formula is C12H20N2O. The van der Waals surface area contributed by atoms with Crippen LogP contribution in [0.25, 0.3) is 0 Å². The third-order valence-electron chi connectivity index (χ3n) is 2.17. The van der Waals surface area contributed by atoms with Crippen LogP contribution in [0.2, 0.25) is 0 Å². The number of hydrogen-bond acceptors (Lipinski definition) is 3. The van der Waals surface area contributed by atoms with Crippen molar-refractivity contribution in [3.8, 4) is 0 Å². The SMILES string of the molecule is COCCNCCNc1ccc(C)cc1. The van der Waals surface area contributed by atoms with Crippen LogP contribution in [-0.4, -0.2) is 33.4 Å². The van der Waals surface area contributed by atoms with Gasteiger partial charge in [0.2, 0.25) is 0 Å². The molecule has 0 aliphatic rings. The summed E-state index contributed by atoms with van der Waals surface area (Å²) in [6.45, 7) is 5.66. The summed E-state index contributed by atoms with van der Waals surface area (Å²) in [5.41, 5.74) is 2.47. The molecule has 0 saturated heterocycles. The lowest BCUT2D eigenvalue weighted by molar-refractivity contribution is 0.200. The monoisotopic (exact) mass is 208 g/mol. The van der Waals surface area contributed by atoms with E-state index in [0.29, 0.717) is 0 Å². The van der Waals surface area contributed by atoms with Crippen LogP contribution >= 0.6 is 0 Å². The van der Waals surface area contributed by atoms with E-state index in [9.17, 15) is 0 Å². The third-order valence-corrected chi connectivity index (χ3v) is 2.17. The maximum atomic E-state index is 4.94. The second-order valence-electron chi connectivity index (χ2n) is 3.54. The molecule has 3 heteroatoms. The van der Waals surface area contributed by atoms with E-state index in [1.807, 2.05) is 0 Å². The predicted octanol–water partition coefficient (Wildman–Crippen LogP) is 1.64. The Bertz CT molecular complexity index is 259. The Kier molecular flexibility index (Phi) is 5.81. The molecule has 3 nitrogen and oxygen atoms in total. The van der Waals surface area contributed by atoms with Crippen molar-refractivity contribution in [1.29, 1.82) is 0 Å². The molecule has 15 heavy (non-hydrogen) atoms. The summed E-state index contributed by atoms with van der Waals surface area (Å²) in [6, 6.07) is 8.43. The first-order chi connectivity index (χ1) is 7.33. The number of ether oxygens (including phenoxy) is 1. The normalized spacial score (nSPS) is 10.3. The summed E-state index contributed by atoms with van der Waals surface area (Å²) in [5.74, 6) is 0. The number of benzene rings is 1. The van der Waals surface area contributed by atoms with Crippen LogP contribution in [-0.2, 0) is 4.74 Å². The van der Waals surface area contributed by atoms with Gasteiger partial charge >= 0.3 is 0 Å². The number of aryl methyl sites for hydroxylation is 1. The van der Waals surface area contributed by atoms with Crippen molar-refractivity contribution < 1.29 is 4.74 Å². The fourth-order valence-electron chi connectivity index (χ4n) is 1.27. The van der Waals surface area contributed by atoms with Crippen LogP contribution in [0, 0.1) is 6.92 Å². The third kappa shape index (κ3) is 5.40. The van der Waals surface area contributed by atoms with Crippen molar-refractivity contribution in [3.05, 3.63) is 29.8 Å². The van der Waals surface area contributed by atoms with Crippen molar-refractivity contribution in [2.24, 2.45) is 0 Å². The Morgan fingerprint density at radius 3 is 2.47 bits per heavy atom. The summed E-state index contributed by atoms with van der Waals surface area (Å²) < 4.78 is 4.94. The average Bonchev–Trinajstić information content (AvgIpc) is 2.26. The maximum absolute atomic E-state index is 4.94. The van der Waals surface area contributed by atoms with Gasteiger partial charge in [0.1, 0.15) is 0 Å². The zero-order valence-electron chi connectivity index (χ0n) is 9.55. The molecule has 0 fully saturated rings. The second-order valence-corrected chi connectivity index (χ2v) is 3.54. The quantitative estimate of drug-likeness (QED) is 0.668. The van der Waals surface area contributed by atoms with Crippen molar-refractivity contribution in [1.82, 2.24) is 5.32 Å². The highest BCUT2D eigenvalue weighted by Crippen LogP contribution is 2.07. The summed E-state index contributed by atoms with van der Waals surface area (Å²) in [7, 11) is 1.71. The molecule has 0 spiro atoms. The van der Waals surface area contributed by atoms with Gasteiger partial charge in [0.25, 0.3) is 0 Å². The van der Waals surface area contributed by atoms with Crippen molar-refractivity contribution >= 4 is 5.69 Å². The molecule has 0 saturated carbocycles. The van der Waals surface area contributed by atoms with Gasteiger partial charge in [-0.2, -0.15) is 0 Å². The molecule has 0 heterocycles. The largest absolute Gasteiger partial charge is 0.384 e. The molecule has 1 aromatic carbocycles. The molecule has 0 atom stereocenters. The van der Waals surface area contributed by atoms with Crippen molar-refractivity contribution in [2.75, 3.05) is 38.7 Å². The van der Waals surface area contributed by atoms with Crippen LogP contribution in [0.5, 0.6) is 0 Å². The lowest BCUT2D eigenvalue weighted by atomic mass is 10.2. The van der Waals surface area contributed by atoms with Gasteiger partial charge in [-0.3, -0.25) is 0 Å². The van der Waals surface area contributed by atoms with Gasteiger partial charge in [-0.15, -0.1) is 0 Å². The van der Waals surface area contributed by atoms with Crippen molar-refractivity contribution in [3.63, 3.8) is 0 Å². The van der Waals surface area contributed by atoms with E-state index >= 15 is 0 Å². The number of nitrogens with one attached hydrogen (secondary N) is 2. The van der Waals surface area contributed by atoms with Gasteiger partial charge in [-0.1, -0.05) is 17.7 Å². The lowest BCUT2D eigenvalue weighted by Gasteiger charge is -2.07. The number of hydrogen-bond donors (Lipinski definition) is 2. The molecule has 0 aliphatic carbocycles. The van der Waals surface area contributed by atoms with Gasteiger partial charge in [0.05, 0.1) is 6.61 Å². The summed E-state index contributed by atoms with van der Waals surface area (Å²) in [5, 5.41) is 6.63. The molecule has 2 N–H and O–H groups in total. The van der Waals surface area contributed by atoms with E-state index in [-0.39, 0.29) is 0 Å². The Balaban J connectivity index is 2.07. The van der Waals surface area contributed by atoms with Gasteiger partial charge in [0.15, 0.2) is 0 Å². The van der Waals surface area contributed by atoms with Gasteiger partial charge in [0, 0.05) is 32.4 Å². The summed E-state index contributed by atoms with van der Waals surface area (Å²) in [6.07, 6.45) is 0. The fraction of sp³-hybridized carbons (Fsp3) is 0.500. The minimum atomic E-state index is 0.768. The summed E-state index contributed by atoms with van der Waals surface area (Å²) in [4.78, 5) is 0. The molecule has 0 unspecified atom stereocenters. The Morgan fingerprint density at radius 1 is 1.07 bits per heavy atom. The molecule has 0 aliphatic heterocycles. The number of methoxy groups -OCH3 is 1. The zero-order valence-corrected chi connectivity index (χ0v) is 9.55. The minimum absolute atomic E-state index is 0.768. The van der Waals surface area contributed by atoms with E-state index in [4.69, 9.17) is 4.74 Å². The van der Waals surface area contributed by atoms with Crippen LogP contribution in [0.4, 0.5) is 5.69 Å². The smallest absolute Gasteiger partial charge is 0.0587 e. The highest BCUT2D eigenvalue weighted by molar-refractivity contribution is 5.44. The average molecular weight is 208 g/mol. The van der Waals surface area contributed by atoms with E-state index in [1.165, 1.54) is 11.3 Å². The highest BCUT2D eigenvalue weighted by atomic mass is 16.5. The van der Waals surface area contributed by atoms with Crippen LogP contribution in [0.1, 0.15) is 5.56 Å². The van der Waals surface area contributed by atoms with E-state index < -0.39 is 0 Å². The van der Waals surface area contributed by atoms with Gasteiger partial charge in [-0.25, -0.2) is 0 Å². The Hall–Kier alpha value is -1.06.